The van der Waals surface area contributed by atoms with Crippen LogP contribution >= 0.6 is 0 Å². The largest absolute Gasteiger partial charge is 0.301 e. The molecule has 0 aliphatic carbocycles. The first-order valence-corrected chi connectivity index (χ1v) is 8.93. The first-order chi connectivity index (χ1) is 10.3. The van der Waals surface area contributed by atoms with E-state index >= 15 is 0 Å². The quantitative estimate of drug-likeness (QED) is 0.823. The topological polar surface area (TPSA) is 34.0 Å². The van der Waals surface area contributed by atoms with Crippen LogP contribution in [0.3, 0.4) is 0 Å². The van der Waals surface area contributed by atoms with Gasteiger partial charge in [0.15, 0.2) is 0 Å². The fraction of sp³-hybridized carbons (Fsp3) is 0.889. The first-order valence-electron chi connectivity index (χ1n) is 8.93. The van der Waals surface area contributed by atoms with Crippen LogP contribution in [0.25, 0.3) is 0 Å². The standard InChI is InChI=1S/C18H34N4/c1-14(2)7-8-15(3)21-11-9-16(10-12-21)22-13-17(19-20-22)18(4,5)6/h13-16H,7-12H2,1-6H3. The summed E-state index contributed by atoms with van der Waals surface area (Å²) in [7, 11) is 0. The maximum absolute atomic E-state index is 4.38. The van der Waals surface area contributed by atoms with Crippen LogP contribution in [0.2, 0.25) is 0 Å². The highest BCUT2D eigenvalue weighted by molar-refractivity contribution is 5.07. The normalized spacial score (nSPS) is 19.8. The Morgan fingerprint density at radius 2 is 1.77 bits per heavy atom. The molecule has 2 heterocycles. The van der Waals surface area contributed by atoms with Crippen LogP contribution in [-0.4, -0.2) is 39.0 Å². The van der Waals surface area contributed by atoms with E-state index in [4.69, 9.17) is 0 Å². The Labute approximate surface area is 136 Å². The zero-order valence-corrected chi connectivity index (χ0v) is 15.3. The average Bonchev–Trinajstić information content (AvgIpc) is 2.94. The maximum atomic E-state index is 4.38. The van der Waals surface area contributed by atoms with Crippen molar-refractivity contribution >= 4 is 0 Å². The van der Waals surface area contributed by atoms with Gasteiger partial charge < -0.3 is 4.90 Å². The summed E-state index contributed by atoms with van der Waals surface area (Å²) in [5, 5.41) is 8.75. The molecule has 0 N–H and O–H groups in total. The minimum absolute atomic E-state index is 0.0876. The molecular weight excluding hydrogens is 272 g/mol. The second kappa shape index (κ2) is 7.12. The Kier molecular flexibility index (Phi) is 5.65. The van der Waals surface area contributed by atoms with Crippen LogP contribution in [0.4, 0.5) is 0 Å². The van der Waals surface area contributed by atoms with Crippen molar-refractivity contribution in [3.05, 3.63) is 11.9 Å². The molecule has 1 atom stereocenters. The molecule has 126 valence electrons. The summed E-state index contributed by atoms with van der Waals surface area (Å²) in [5.41, 5.74) is 1.19. The summed E-state index contributed by atoms with van der Waals surface area (Å²) in [6.45, 7) is 16.0. The lowest BCUT2D eigenvalue weighted by molar-refractivity contribution is 0.129. The average molecular weight is 306 g/mol. The van der Waals surface area contributed by atoms with E-state index in [2.05, 4.69) is 67.6 Å². The first kappa shape index (κ1) is 17.5. The number of nitrogens with zero attached hydrogens (tertiary/aromatic N) is 4. The van der Waals surface area contributed by atoms with Gasteiger partial charge in [-0.2, -0.15) is 0 Å². The van der Waals surface area contributed by atoms with Crippen molar-refractivity contribution in [1.29, 1.82) is 0 Å². The van der Waals surface area contributed by atoms with Gasteiger partial charge in [0.25, 0.3) is 0 Å². The molecule has 1 aliphatic heterocycles. The monoisotopic (exact) mass is 306 g/mol. The Bertz CT molecular complexity index is 450. The molecule has 1 saturated heterocycles. The highest BCUT2D eigenvalue weighted by atomic mass is 15.4. The molecule has 4 nitrogen and oxygen atoms in total. The molecule has 0 spiro atoms. The van der Waals surface area contributed by atoms with E-state index in [0.717, 1.165) is 11.6 Å². The van der Waals surface area contributed by atoms with Gasteiger partial charge in [0.05, 0.1) is 11.7 Å². The molecule has 0 radical (unpaired) electrons. The molecule has 1 aliphatic rings. The van der Waals surface area contributed by atoms with Gasteiger partial charge in [0.1, 0.15) is 0 Å². The number of aromatic nitrogens is 3. The van der Waals surface area contributed by atoms with Gasteiger partial charge in [-0.3, -0.25) is 0 Å². The van der Waals surface area contributed by atoms with E-state index in [-0.39, 0.29) is 5.41 Å². The molecular formula is C18H34N4. The predicted molar refractivity (Wildman–Crippen MR) is 92.1 cm³/mol. The Hall–Kier alpha value is -0.900. The minimum atomic E-state index is 0.0876. The third kappa shape index (κ3) is 4.55. The zero-order valence-electron chi connectivity index (χ0n) is 15.3. The minimum Gasteiger partial charge on any atom is -0.301 e. The van der Waals surface area contributed by atoms with Gasteiger partial charge in [-0.15, -0.1) is 5.10 Å². The van der Waals surface area contributed by atoms with Crippen LogP contribution < -0.4 is 0 Å². The number of rotatable bonds is 5. The zero-order chi connectivity index (χ0) is 16.3. The van der Waals surface area contributed by atoms with Gasteiger partial charge in [-0.1, -0.05) is 39.8 Å². The maximum Gasteiger partial charge on any atom is 0.0880 e. The summed E-state index contributed by atoms with van der Waals surface area (Å²) < 4.78 is 2.11. The van der Waals surface area contributed by atoms with Gasteiger partial charge in [0, 0.05) is 30.7 Å². The molecule has 1 unspecified atom stereocenters. The van der Waals surface area contributed by atoms with Crippen LogP contribution in [0.5, 0.6) is 0 Å². The molecule has 1 aromatic rings. The smallest absolute Gasteiger partial charge is 0.0880 e. The third-order valence-electron chi connectivity index (χ3n) is 4.94. The van der Waals surface area contributed by atoms with Crippen molar-refractivity contribution in [3.63, 3.8) is 0 Å². The fourth-order valence-corrected chi connectivity index (χ4v) is 3.15. The van der Waals surface area contributed by atoms with Crippen LogP contribution in [0.1, 0.15) is 79.0 Å². The lowest BCUT2D eigenvalue weighted by Crippen LogP contribution is -2.40. The third-order valence-corrected chi connectivity index (χ3v) is 4.94. The van der Waals surface area contributed by atoms with Gasteiger partial charge >= 0.3 is 0 Å². The Morgan fingerprint density at radius 3 is 2.27 bits per heavy atom. The highest BCUT2D eigenvalue weighted by Crippen LogP contribution is 2.26. The molecule has 0 bridgehead atoms. The summed E-state index contributed by atoms with van der Waals surface area (Å²) in [6.07, 6.45) is 7.19. The number of piperidine rings is 1. The van der Waals surface area contributed by atoms with Gasteiger partial charge in [0.2, 0.25) is 0 Å². The van der Waals surface area contributed by atoms with Crippen molar-refractivity contribution in [3.8, 4) is 0 Å². The van der Waals surface area contributed by atoms with Crippen molar-refractivity contribution in [2.24, 2.45) is 5.92 Å². The van der Waals surface area contributed by atoms with Crippen molar-refractivity contribution in [2.45, 2.75) is 84.7 Å². The molecule has 0 aromatic carbocycles. The molecule has 22 heavy (non-hydrogen) atoms. The summed E-state index contributed by atoms with van der Waals surface area (Å²) >= 11 is 0. The number of hydrogen-bond donors (Lipinski definition) is 0. The molecule has 1 aromatic heterocycles. The van der Waals surface area contributed by atoms with Gasteiger partial charge in [-0.05, 0) is 38.5 Å². The van der Waals surface area contributed by atoms with E-state index in [9.17, 15) is 0 Å². The van der Waals surface area contributed by atoms with E-state index in [0.29, 0.717) is 12.1 Å². The van der Waals surface area contributed by atoms with Crippen molar-refractivity contribution < 1.29 is 0 Å². The van der Waals surface area contributed by atoms with Gasteiger partial charge in [-0.25, -0.2) is 4.68 Å². The van der Waals surface area contributed by atoms with E-state index < -0.39 is 0 Å². The number of likely N-dealkylation sites (tertiary alicyclic amines) is 1. The molecule has 0 saturated carbocycles. The fourth-order valence-electron chi connectivity index (χ4n) is 3.15. The van der Waals surface area contributed by atoms with Crippen molar-refractivity contribution in [1.82, 2.24) is 19.9 Å². The lowest BCUT2D eigenvalue weighted by atomic mass is 9.93. The van der Waals surface area contributed by atoms with Crippen LogP contribution in [0, 0.1) is 5.92 Å². The van der Waals surface area contributed by atoms with Crippen LogP contribution in [-0.2, 0) is 5.41 Å². The number of hydrogen-bond acceptors (Lipinski definition) is 3. The van der Waals surface area contributed by atoms with Crippen molar-refractivity contribution in [2.75, 3.05) is 13.1 Å². The Morgan fingerprint density at radius 1 is 1.14 bits per heavy atom. The molecule has 1 fully saturated rings. The molecule has 0 amide bonds. The molecule has 2 rings (SSSR count). The molecule has 4 heteroatoms. The second-order valence-corrected chi connectivity index (χ2v) is 8.42. The van der Waals surface area contributed by atoms with E-state index in [1.54, 1.807) is 0 Å². The Balaban J connectivity index is 1.85. The summed E-state index contributed by atoms with van der Waals surface area (Å²) in [4.78, 5) is 2.65. The van der Waals surface area contributed by atoms with Crippen LogP contribution in [0.15, 0.2) is 6.20 Å². The SMILES string of the molecule is CC(C)CCC(C)N1CCC(n2cc(C(C)(C)C)nn2)CC1. The summed E-state index contributed by atoms with van der Waals surface area (Å²) in [5.74, 6) is 0.811. The second-order valence-electron chi connectivity index (χ2n) is 8.42. The lowest BCUT2D eigenvalue weighted by Gasteiger charge is -2.36. The van der Waals surface area contributed by atoms with E-state index in [1.165, 1.54) is 38.8 Å². The predicted octanol–water partition coefficient (Wildman–Crippen LogP) is 4.04. The summed E-state index contributed by atoms with van der Waals surface area (Å²) in [6, 6.07) is 1.24. The highest BCUT2D eigenvalue weighted by Gasteiger charge is 2.26. The van der Waals surface area contributed by atoms with E-state index in [1.807, 2.05) is 0 Å².